The van der Waals surface area contributed by atoms with Crippen molar-refractivity contribution >= 4 is 17.3 Å². The molecule has 2 heterocycles. The van der Waals surface area contributed by atoms with Crippen LogP contribution in [0.4, 0.5) is 5.69 Å². The molecular weight excluding hydrogens is 318 g/mol. The molecule has 0 fully saturated rings. The van der Waals surface area contributed by atoms with Crippen LogP contribution in [-0.2, 0) is 11.2 Å². The zero-order valence-electron chi connectivity index (χ0n) is 14.1. The lowest BCUT2D eigenvalue weighted by atomic mass is 9.94. The van der Waals surface area contributed by atoms with Crippen LogP contribution in [0.1, 0.15) is 30.5 Å². The molecule has 1 amide bonds. The van der Waals surface area contributed by atoms with Gasteiger partial charge in [0.25, 0.3) is 0 Å². The van der Waals surface area contributed by atoms with Crippen LogP contribution < -0.4 is 20.2 Å². The first-order valence-electron chi connectivity index (χ1n) is 8.24. The minimum Gasteiger partial charge on any atom is -0.454 e. The molecule has 1 atom stereocenters. The van der Waals surface area contributed by atoms with Crippen molar-refractivity contribution in [2.75, 3.05) is 12.1 Å². The van der Waals surface area contributed by atoms with Gasteiger partial charge in [0.05, 0.1) is 5.71 Å². The van der Waals surface area contributed by atoms with Crippen LogP contribution in [0, 0.1) is 0 Å². The summed E-state index contributed by atoms with van der Waals surface area (Å²) in [6, 6.07) is 11.9. The highest BCUT2D eigenvalue weighted by Crippen LogP contribution is 2.36. The van der Waals surface area contributed by atoms with Gasteiger partial charge < -0.3 is 20.2 Å². The number of ether oxygens (including phenoxy) is 2. The van der Waals surface area contributed by atoms with Crippen LogP contribution in [-0.4, -0.2) is 24.5 Å². The Bertz CT molecular complexity index is 859. The number of hydrazone groups is 1. The molecule has 1 unspecified atom stereocenters. The average Bonchev–Trinajstić information content (AvgIpc) is 2.96. The molecule has 2 aliphatic rings. The number of carbonyl (C=O) groups is 1. The number of nitrogens with one attached hydrogen (secondary N) is 2. The molecule has 0 radical (unpaired) electrons. The maximum Gasteiger partial charge on any atom is 0.231 e. The van der Waals surface area contributed by atoms with Gasteiger partial charge in [0.2, 0.25) is 12.7 Å². The quantitative estimate of drug-likeness (QED) is 0.884. The molecule has 25 heavy (non-hydrogen) atoms. The number of carbonyl (C=O) groups excluding carboxylic acids is 1. The standard InChI is InChI=1S/C19H19N3O3/c1-11-7-14-8-17-18(25-10-24-17)9-16(14)19(22-21-11)13-3-5-15(6-4-13)20-12(2)23/h3-6,8-9,11,21H,7,10H2,1-2H3,(H,20,23). The summed E-state index contributed by atoms with van der Waals surface area (Å²) >= 11 is 0. The zero-order chi connectivity index (χ0) is 17.4. The Morgan fingerprint density at radius 1 is 1.20 bits per heavy atom. The smallest absolute Gasteiger partial charge is 0.231 e. The van der Waals surface area contributed by atoms with E-state index in [-0.39, 0.29) is 18.7 Å². The molecule has 128 valence electrons. The highest BCUT2D eigenvalue weighted by molar-refractivity contribution is 6.14. The molecule has 0 saturated carbocycles. The lowest BCUT2D eigenvalue weighted by Crippen LogP contribution is -2.21. The van der Waals surface area contributed by atoms with Gasteiger partial charge >= 0.3 is 0 Å². The van der Waals surface area contributed by atoms with Gasteiger partial charge in [-0.3, -0.25) is 4.79 Å². The molecule has 0 spiro atoms. The Balaban J connectivity index is 1.75. The first kappa shape index (κ1) is 15.5. The third kappa shape index (κ3) is 3.03. The average molecular weight is 337 g/mol. The summed E-state index contributed by atoms with van der Waals surface area (Å²) in [5.41, 5.74) is 7.99. The van der Waals surface area contributed by atoms with Crippen LogP contribution >= 0.6 is 0 Å². The fraction of sp³-hybridized carbons (Fsp3) is 0.263. The lowest BCUT2D eigenvalue weighted by Gasteiger charge is -2.11. The van der Waals surface area contributed by atoms with Crippen molar-refractivity contribution in [3.63, 3.8) is 0 Å². The summed E-state index contributed by atoms with van der Waals surface area (Å²) < 4.78 is 11.0. The number of anilines is 1. The van der Waals surface area contributed by atoms with E-state index in [1.54, 1.807) is 0 Å². The number of benzene rings is 2. The van der Waals surface area contributed by atoms with E-state index in [4.69, 9.17) is 9.47 Å². The largest absolute Gasteiger partial charge is 0.454 e. The molecule has 4 rings (SSSR count). The van der Waals surface area contributed by atoms with Crippen LogP contribution in [0.15, 0.2) is 41.5 Å². The molecule has 2 aliphatic heterocycles. The summed E-state index contributed by atoms with van der Waals surface area (Å²) in [5.74, 6) is 1.44. The number of nitrogens with zero attached hydrogens (tertiary/aromatic N) is 1. The van der Waals surface area contributed by atoms with E-state index in [2.05, 4.69) is 22.8 Å². The van der Waals surface area contributed by atoms with E-state index in [0.29, 0.717) is 0 Å². The highest BCUT2D eigenvalue weighted by Gasteiger charge is 2.23. The fourth-order valence-electron chi connectivity index (χ4n) is 3.12. The molecule has 0 aliphatic carbocycles. The van der Waals surface area contributed by atoms with Gasteiger partial charge in [-0.1, -0.05) is 12.1 Å². The van der Waals surface area contributed by atoms with Crippen molar-refractivity contribution in [1.82, 2.24) is 5.43 Å². The molecule has 2 aromatic rings. The summed E-state index contributed by atoms with van der Waals surface area (Å²) in [6.45, 7) is 3.85. The highest BCUT2D eigenvalue weighted by atomic mass is 16.7. The lowest BCUT2D eigenvalue weighted by molar-refractivity contribution is -0.114. The van der Waals surface area contributed by atoms with Gasteiger partial charge in [0.15, 0.2) is 11.5 Å². The summed E-state index contributed by atoms with van der Waals surface area (Å²) in [5, 5.41) is 7.39. The number of hydrogen-bond acceptors (Lipinski definition) is 5. The Morgan fingerprint density at radius 2 is 1.92 bits per heavy atom. The second kappa shape index (κ2) is 6.12. The third-order valence-electron chi connectivity index (χ3n) is 4.26. The van der Waals surface area contributed by atoms with E-state index in [1.165, 1.54) is 12.5 Å². The maximum absolute atomic E-state index is 11.2. The van der Waals surface area contributed by atoms with E-state index in [0.717, 1.165) is 40.4 Å². The van der Waals surface area contributed by atoms with Gasteiger partial charge in [0, 0.05) is 29.8 Å². The SMILES string of the molecule is CC(=O)Nc1ccc(C2=NNC(C)Cc3cc4c(cc32)OCO4)cc1. The van der Waals surface area contributed by atoms with Gasteiger partial charge in [-0.15, -0.1) is 0 Å². The molecule has 6 heteroatoms. The van der Waals surface area contributed by atoms with Crippen LogP contribution in [0.5, 0.6) is 11.5 Å². The van der Waals surface area contributed by atoms with Gasteiger partial charge in [0.1, 0.15) is 0 Å². The van der Waals surface area contributed by atoms with Crippen LogP contribution in [0.3, 0.4) is 0 Å². The van der Waals surface area contributed by atoms with Crippen molar-refractivity contribution in [3.8, 4) is 11.5 Å². The Hall–Kier alpha value is -3.02. The topological polar surface area (TPSA) is 72.0 Å². The summed E-state index contributed by atoms with van der Waals surface area (Å²) in [4.78, 5) is 11.2. The van der Waals surface area contributed by atoms with E-state index >= 15 is 0 Å². The fourth-order valence-corrected chi connectivity index (χ4v) is 3.12. The normalized spacial score (nSPS) is 17.8. The van der Waals surface area contributed by atoms with Crippen molar-refractivity contribution in [2.45, 2.75) is 26.3 Å². The molecule has 0 saturated heterocycles. The van der Waals surface area contributed by atoms with E-state index < -0.39 is 0 Å². The second-order valence-corrected chi connectivity index (χ2v) is 6.32. The maximum atomic E-state index is 11.2. The first-order chi connectivity index (χ1) is 12.1. The first-order valence-corrected chi connectivity index (χ1v) is 8.24. The molecule has 2 N–H and O–H groups in total. The van der Waals surface area contributed by atoms with Crippen molar-refractivity contribution < 1.29 is 14.3 Å². The molecule has 6 nitrogen and oxygen atoms in total. The predicted molar refractivity (Wildman–Crippen MR) is 95.3 cm³/mol. The minimum atomic E-state index is -0.0897. The number of hydrogen-bond donors (Lipinski definition) is 2. The van der Waals surface area contributed by atoms with Crippen LogP contribution in [0.2, 0.25) is 0 Å². The molecule has 0 aromatic heterocycles. The van der Waals surface area contributed by atoms with E-state index in [9.17, 15) is 4.79 Å². The number of rotatable bonds is 2. The minimum absolute atomic E-state index is 0.0897. The third-order valence-corrected chi connectivity index (χ3v) is 4.26. The monoisotopic (exact) mass is 337 g/mol. The second-order valence-electron chi connectivity index (χ2n) is 6.32. The van der Waals surface area contributed by atoms with Crippen LogP contribution in [0.25, 0.3) is 0 Å². The molecular formula is C19H19N3O3. The van der Waals surface area contributed by atoms with Gasteiger partial charge in [-0.2, -0.15) is 5.10 Å². The molecule has 0 bridgehead atoms. The summed E-state index contributed by atoms with van der Waals surface area (Å²) in [6.07, 6.45) is 0.850. The Labute approximate surface area is 145 Å². The van der Waals surface area contributed by atoms with Crippen molar-refractivity contribution in [1.29, 1.82) is 0 Å². The number of fused-ring (bicyclic) bond motifs is 2. The molecule has 2 aromatic carbocycles. The number of amides is 1. The van der Waals surface area contributed by atoms with Gasteiger partial charge in [-0.25, -0.2) is 0 Å². The summed E-state index contributed by atoms with van der Waals surface area (Å²) in [7, 11) is 0. The van der Waals surface area contributed by atoms with Crippen molar-refractivity contribution in [2.24, 2.45) is 5.10 Å². The Morgan fingerprint density at radius 3 is 2.64 bits per heavy atom. The van der Waals surface area contributed by atoms with Gasteiger partial charge in [-0.05, 0) is 43.2 Å². The van der Waals surface area contributed by atoms with Crippen molar-refractivity contribution in [3.05, 3.63) is 53.1 Å². The predicted octanol–water partition coefficient (Wildman–Crippen LogP) is 2.66. The Kier molecular flexibility index (Phi) is 3.80. The zero-order valence-corrected chi connectivity index (χ0v) is 14.1. The van der Waals surface area contributed by atoms with E-state index in [1.807, 2.05) is 36.4 Å².